The normalized spacial score (nSPS) is 14.2. The average molecular weight is 252 g/mol. The van der Waals surface area contributed by atoms with Gasteiger partial charge in [0.2, 0.25) is 0 Å². The molecule has 0 fully saturated rings. The van der Waals surface area contributed by atoms with Crippen LogP contribution in [0.3, 0.4) is 0 Å². The number of hydrogen-bond donors (Lipinski definition) is 1. The largest absolute Gasteiger partial charge is 0.487 e. The molecular formula is C14H24N2O2. The number of rotatable bonds is 8. The van der Waals surface area contributed by atoms with Gasteiger partial charge in [0.15, 0.2) is 0 Å². The zero-order valence-corrected chi connectivity index (χ0v) is 11.8. The van der Waals surface area contributed by atoms with Gasteiger partial charge in [0.05, 0.1) is 18.5 Å². The quantitative estimate of drug-likeness (QED) is 0.772. The Kier molecular flexibility index (Phi) is 6.68. The fraction of sp³-hybridized carbons (Fsp3) is 0.643. The number of methoxy groups -OCH3 is 1. The molecule has 1 aromatic heterocycles. The number of nitrogens with zero attached hydrogens (tertiary/aromatic N) is 1. The first-order valence-electron chi connectivity index (χ1n) is 6.56. The van der Waals surface area contributed by atoms with Crippen molar-refractivity contribution in [2.45, 2.75) is 39.3 Å². The highest BCUT2D eigenvalue weighted by atomic mass is 16.5. The summed E-state index contributed by atoms with van der Waals surface area (Å²) >= 11 is 0. The summed E-state index contributed by atoms with van der Waals surface area (Å²) in [5.74, 6) is 0.787. The predicted molar refractivity (Wildman–Crippen MR) is 72.9 cm³/mol. The molecule has 0 radical (unpaired) electrons. The molecule has 2 unspecified atom stereocenters. The molecule has 0 spiro atoms. The Bertz CT molecular complexity index is 327. The number of ether oxygens (including phenoxy) is 2. The number of pyridine rings is 1. The van der Waals surface area contributed by atoms with Crippen molar-refractivity contribution < 1.29 is 9.47 Å². The van der Waals surface area contributed by atoms with Crippen LogP contribution < -0.4 is 10.1 Å². The lowest BCUT2D eigenvalue weighted by Gasteiger charge is -2.17. The number of aromatic nitrogens is 1. The lowest BCUT2D eigenvalue weighted by Crippen LogP contribution is -2.21. The molecule has 1 heterocycles. The summed E-state index contributed by atoms with van der Waals surface area (Å²) in [7, 11) is 1.67. The van der Waals surface area contributed by atoms with Gasteiger partial charge in [-0.1, -0.05) is 13.8 Å². The van der Waals surface area contributed by atoms with Crippen molar-refractivity contribution >= 4 is 0 Å². The van der Waals surface area contributed by atoms with E-state index < -0.39 is 0 Å². The monoisotopic (exact) mass is 252 g/mol. The van der Waals surface area contributed by atoms with Crippen LogP contribution in [0.25, 0.3) is 0 Å². The van der Waals surface area contributed by atoms with Gasteiger partial charge in [-0.25, -0.2) is 0 Å². The third kappa shape index (κ3) is 4.63. The van der Waals surface area contributed by atoms with Crippen LogP contribution in [0.15, 0.2) is 18.3 Å². The first-order chi connectivity index (χ1) is 8.71. The minimum absolute atomic E-state index is 0.0402. The van der Waals surface area contributed by atoms with Gasteiger partial charge < -0.3 is 14.8 Å². The molecule has 1 rings (SSSR count). The molecule has 1 N–H and O–H groups in total. The molecule has 4 heteroatoms. The molecule has 0 aliphatic carbocycles. The van der Waals surface area contributed by atoms with E-state index >= 15 is 0 Å². The van der Waals surface area contributed by atoms with E-state index in [0.717, 1.165) is 24.4 Å². The zero-order valence-electron chi connectivity index (χ0n) is 11.8. The highest BCUT2D eigenvalue weighted by molar-refractivity contribution is 5.21. The third-order valence-electron chi connectivity index (χ3n) is 2.71. The van der Waals surface area contributed by atoms with Crippen LogP contribution in [0.5, 0.6) is 5.75 Å². The van der Waals surface area contributed by atoms with E-state index in [2.05, 4.69) is 24.1 Å². The summed E-state index contributed by atoms with van der Waals surface area (Å²) in [4.78, 5) is 4.45. The highest BCUT2D eigenvalue weighted by Crippen LogP contribution is 2.17. The van der Waals surface area contributed by atoms with Crippen molar-refractivity contribution in [3.63, 3.8) is 0 Å². The second kappa shape index (κ2) is 8.06. The van der Waals surface area contributed by atoms with Crippen molar-refractivity contribution in [3.8, 4) is 5.75 Å². The molecule has 18 heavy (non-hydrogen) atoms. The third-order valence-corrected chi connectivity index (χ3v) is 2.71. The maximum Gasteiger partial charge on any atom is 0.138 e. The Morgan fingerprint density at radius 2 is 2.11 bits per heavy atom. The summed E-state index contributed by atoms with van der Waals surface area (Å²) in [5, 5.41) is 3.41. The Labute approximate surface area is 110 Å². The summed E-state index contributed by atoms with van der Waals surface area (Å²) in [6.45, 7) is 7.76. The van der Waals surface area contributed by atoms with E-state index in [0.29, 0.717) is 12.6 Å². The molecule has 2 atom stereocenters. The second-order valence-corrected chi connectivity index (χ2v) is 4.32. The van der Waals surface area contributed by atoms with Crippen LogP contribution in [0.4, 0.5) is 0 Å². The zero-order chi connectivity index (χ0) is 13.4. The first-order valence-corrected chi connectivity index (χ1v) is 6.56. The molecule has 1 aromatic rings. The summed E-state index contributed by atoms with van der Waals surface area (Å²) < 4.78 is 10.7. The summed E-state index contributed by atoms with van der Waals surface area (Å²) in [6, 6.07) is 4.31. The van der Waals surface area contributed by atoms with E-state index in [1.807, 2.05) is 19.1 Å². The van der Waals surface area contributed by atoms with Crippen molar-refractivity contribution in [2.24, 2.45) is 0 Å². The fourth-order valence-electron chi connectivity index (χ4n) is 1.87. The SMILES string of the molecule is CCNC(CC)c1ccc(OC(C)COC)cn1. The molecule has 0 saturated carbocycles. The first kappa shape index (κ1) is 14.9. The maximum absolute atomic E-state index is 5.68. The molecule has 102 valence electrons. The fourth-order valence-corrected chi connectivity index (χ4v) is 1.87. The number of hydrogen-bond acceptors (Lipinski definition) is 4. The van der Waals surface area contributed by atoms with Gasteiger partial charge in [-0.2, -0.15) is 0 Å². The second-order valence-electron chi connectivity index (χ2n) is 4.32. The predicted octanol–water partition coefficient (Wildman–Crippen LogP) is 2.56. The van der Waals surface area contributed by atoms with Gasteiger partial charge in [0.1, 0.15) is 11.9 Å². The molecule has 0 bridgehead atoms. The minimum atomic E-state index is 0.0402. The van der Waals surface area contributed by atoms with E-state index in [-0.39, 0.29) is 6.10 Å². The van der Waals surface area contributed by atoms with Crippen LogP contribution in [-0.2, 0) is 4.74 Å². The molecule has 4 nitrogen and oxygen atoms in total. The van der Waals surface area contributed by atoms with E-state index in [1.165, 1.54) is 0 Å². The van der Waals surface area contributed by atoms with Crippen LogP contribution in [-0.4, -0.2) is 31.3 Å². The van der Waals surface area contributed by atoms with Gasteiger partial charge >= 0.3 is 0 Å². The molecule has 0 amide bonds. The minimum Gasteiger partial charge on any atom is -0.487 e. The van der Waals surface area contributed by atoms with Crippen LogP contribution in [0, 0.1) is 0 Å². The topological polar surface area (TPSA) is 43.4 Å². The van der Waals surface area contributed by atoms with Gasteiger partial charge in [-0.3, -0.25) is 4.98 Å². The van der Waals surface area contributed by atoms with Crippen molar-refractivity contribution in [1.29, 1.82) is 0 Å². The van der Waals surface area contributed by atoms with Gasteiger partial charge in [0, 0.05) is 13.2 Å². The molecule has 0 saturated heterocycles. The van der Waals surface area contributed by atoms with Crippen LogP contribution in [0.2, 0.25) is 0 Å². The molecule has 0 aromatic carbocycles. The lowest BCUT2D eigenvalue weighted by atomic mass is 10.1. The smallest absolute Gasteiger partial charge is 0.138 e. The maximum atomic E-state index is 5.68. The van der Waals surface area contributed by atoms with Crippen molar-refractivity contribution in [3.05, 3.63) is 24.0 Å². The van der Waals surface area contributed by atoms with Gasteiger partial charge in [-0.15, -0.1) is 0 Å². The van der Waals surface area contributed by atoms with Crippen molar-refractivity contribution in [1.82, 2.24) is 10.3 Å². The van der Waals surface area contributed by atoms with E-state index in [9.17, 15) is 0 Å². The Balaban J connectivity index is 2.61. The average Bonchev–Trinajstić information content (AvgIpc) is 2.37. The van der Waals surface area contributed by atoms with Gasteiger partial charge in [-0.05, 0) is 32.0 Å². The van der Waals surface area contributed by atoms with Crippen LogP contribution >= 0.6 is 0 Å². The van der Waals surface area contributed by atoms with E-state index in [4.69, 9.17) is 9.47 Å². The molecule has 0 aliphatic rings. The Hall–Kier alpha value is -1.13. The summed E-state index contributed by atoms with van der Waals surface area (Å²) in [6.07, 6.45) is 2.85. The molecular weight excluding hydrogens is 228 g/mol. The highest BCUT2D eigenvalue weighted by Gasteiger charge is 2.10. The Morgan fingerprint density at radius 3 is 2.61 bits per heavy atom. The number of nitrogens with one attached hydrogen (secondary N) is 1. The standard InChI is InChI=1S/C14H24N2O2/c1-5-13(15-6-2)14-8-7-12(9-16-14)18-11(3)10-17-4/h7-9,11,13,15H,5-6,10H2,1-4H3. The Morgan fingerprint density at radius 1 is 1.33 bits per heavy atom. The lowest BCUT2D eigenvalue weighted by molar-refractivity contribution is 0.0918. The van der Waals surface area contributed by atoms with E-state index in [1.54, 1.807) is 13.3 Å². The van der Waals surface area contributed by atoms with Crippen LogP contribution in [0.1, 0.15) is 38.9 Å². The summed E-state index contributed by atoms with van der Waals surface area (Å²) in [5.41, 5.74) is 1.06. The van der Waals surface area contributed by atoms with Crippen molar-refractivity contribution in [2.75, 3.05) is 20.3 Å². The van der Waals surface area contributed by atoms with Gasteiger partial charge in [0.25, 0.3) is 0 Å². The molecule has 0 aliphatic heterocycles.